The van der Waals surface area contributed by atoms with E-state index in [4.69, 9.17) is 5.73 Å². The van der Waals surface area contributed by atoms with Crippen molar-refractivity contribution < 1.29 is 9.59 Å². The van der Waals surface area contributed by atoms with Gasteiger partial charge in [0, 0.05) is 19.6 Å². The molecular weight excluding hydrogens is 241 g/mol. The van der Waals surface area contributed by atoms with Gasteiger partial charge in [0.25, 0.3) is 0 Å². The Balaban J connectivity index is 0.000000980. The summed E-state index contributed by atoms with van der Waals surface area (Å²) in [6, 6.07) is -0.328. The van der Waals surface area contributed by atoms with Gasteiger partial charge in [0.2, 0.25) is 11.8 Å². The van der Waals surface area contributed by atoms with Gasteiger partial charge in [-0.25, -0.2) is 0 Å². The summed E-state index contributed by atoms with van der Waals surface area (Å²) in [6.07, 6.45) is 0.606. The van der Waals surface area contributed by atoms with Crippen molar-refractivity contribution in [2.24, 2.45) is 5.73 Å². The third-order valence-corrected chi connectivity index (χ3v) is 2.69. The summed E-state index contributed by atoms with van der Waals surface area (Å²) in [6.45, 7) is 0.727. The van der Waals surface area contributed by atoms with Gasteiger partial charge in [-0.3, -0.25) is 9.59 Å². The number of rotatable bonds is 0. The number of hydrogen-bond donors (Lipinski definition) is 1. The first-order valence-corrected chi connectivity index (χ1v) is 4.39. The molecule has 0 spiro atoms. The van der Waals surface area contributed by atoms with Crippen molar-refractivity contribution in [3.63, 3.8) is 0 Å². The maximum atomic E-state index is 11.6. The number of nitrogens with zero attached hydrogens (tertiary/aromatic N) is 2. The normalized spacial score (nSPS) is 29.5. The average molecular weight is 256 g/mol. The fraction of sp³-hybridized carbons (Fsp3) is 0.750. The number of likely N-dealkylation sites (N-methyl/N-ethyl adjacent to an activating group) is 1. The average Bonchev–Trinajstić information content (AvgIpc) is 2.44. The van der Waals surface area contributed by atoms with Gasteiger partial charge in [-0.15, -0.1) is 24.8 Å². The molecule has 2 N–H and O–H groups in total. The summed E-state index contributed by atoms with van der Waals surface area (Å²) in [5, 5.41) is 0. The lowest BCUT2D eigenvalue weighted by Crippen LogP contribution is -2.55. The van der Waals surface area contributed by atoms with Crippen molar-refractivity contribution in [1.29, 1.82) is 0 Å². The van der Waals surface area contributed by atoms with Gasteiger partial charge >= 0.3 is 0 Å². The molecule has 2 amide bonds. The van der Waals surface area contributed by atoms with E-state index in [0.29, 0.717) is 13.0 Å². The van der Waals surface area contributed by atoms with Crippen LogP contribution in [0, 0.1) is 0 Å². The van der Waals surface area contributed by atoms with Crippen molar-refractivity contribution in [1.82, 2.24) is 9.80 Å². The van der Waals surface area contributed by atoms with E-state index in [9.17, 15) is 9.59 Å². The minimum Gasteiger partial charge on any atom is -0.335 e. The molecule has 2 fully saturated rings. The predicted molar refractivity (Wildman–Crippen MR) is 60.2 cm³/mol. The Morgan fingerprint density at radius 2 is 1.93 bits per heavy atom. The summed E-state index contributed by atoms with van der Waals surface area (Å²) in [5.74, 6) is 0.0348. The van der Waals surface area contributed by atoms with Gasteiger partial charge in [-0.05, 0) is 6.42 Å². The van der Waals surface area contributed by atoms with Gasteiger partial charge in [0.05, 0.1) is 6.54 Å². The van der Waals surface area contributed by atoms with Crippen LogP contribution in [-0.4, -0.2) is 53.8 Å². The molecule has 7 heteroatoms. The maximum Gasteiger partial charge on any atom is 0.245 e. The largest absolute Gasteiger partial charge is 0.335 e. The van der Waals surface area contributed by atoms with E-state index in [1.54, 1.807) is 11.9 Å². The molecule has 5 nitrogen and oxygen atoms in total. The van der Waals surface area contributed by atoms with Crippen LogP contribution in [0.1, 0.15) is 6.42 Å². The van der Waals surface area contributed by atoms with Gasteiger partial charge in [0.1, 0.15) is 6.04 Å². The molecule has 0 bridgehead atoms. The van der Waals surface area contributed by atoms with Gasteiger partial charge in [0.15, 0.2) is 0 Å². The second-order valence-electron chi connectivity index (χ2n) is 3.75. The predicted octanol–water partition coefficient (Wildman–Crippen LogP) is -0.770. The highest BCUT2D eigenvalue weighted by Gasteiger charge is 2.43. The molecule has 2 saturated heterocycles. The zero-order valence-corrected chi connectivity index (χ0v) is 10.0. The Morgan fingerprint density at radius 1 is 1.33 bits per heavy atom. The topological polar surface area (TPSA) is 66.6 Å². The number of carbonyl (C=O) groups is 2. The van der Waals surface area contributed by atoms with Crippen LogP contribution in [0.4, 0.5) is 0 Å². The van der Waals surface area contributed by atoms with E-state index in [0.717, 1.165) is 0 Å². The van der Waals surface area contributed by atoms with E-state index in [2.05, 4.69) is 0 Å². The Kier molecular flexibility index (Phi) is 4.83. The van der Waals surface area contributed by atoms with E-state index in [1.807, 2.05) is 0 Å². The molecule has 2 atom stereocenters. The molecule has 2 aliphatic rings. The number of halogens is 2. The molecule has 0 aromatic carbocycles. The Hall–Kier alpha value is -0.520. The van der Waals surface area contributed by atoms with Crippen LogP contribution >= 0.6 is 24.8 Å². The highest BCUT2D eigenvalue weighted by molar-refractivity contribution is 5.95. The first-order valence-electron chi connectivity index (χ1n) is 4.39. The first-order chi connectivity index (χ1) is 6.09. The van der Waals surface area contributed by atoms with Crippen molar-refractivity contribution in [3.05, 3.63) is 0 Å². The quantitative estimate of drug-likeness (QED) is 0.619. The van der Waals surface area contributed by atoms with Gasteiger partial charge < -0.3 is 15.5 Å². The number of hydrogen-bond acceptors (Lipinski definition) is 3. The molecule has 0 aromatic heterocycles. The monoisotopic (exact) mass is 255 g/mol. The minimum atomic E-state index is -0.291. The van der Waals surface area contributed by atoms with Crippen LogP contribution in [0.25, 0.3) is 0 Å². The molecule has 88 valence electrons. The molecule has 0 saturated carbocycles. The zero-order valence-electron chi connectivity index (χ0n) is 8.38. The molecule has 0 aromatic rings. The highest BCUT2D eigenvalue weighted by Crippen LogP contribution is 2.21. The molecule has 2 rings (SSSR count). The van der Waals surface area contributed by atoms with E-state index in [1.165, 1.54) is 4.90 Å². The maximum absolute atomic E-state index is 11.6. The fourth-order valence-electron chi connectivity index (χ4n) is 2.00. The Bertz CT molecular complexity index is 275. The summed E-state index contributed by atoms with van der Waals surface area (Å²) in [5.41, 5.74) is 5.70. The lowest BCUT2D eigenvalue weighted by Gasteiger charge is -2.33. The molecule has 0 radical (unpaired) electrons. The van der Waals surface area contributed by atoms with Crippen LogP contribution in [0.5, 0.6) is 0 Å². The smallest absolute Gasteiger partial charge is 0.245 e. The minimum absolute atomic E-state index is 0. The summed E-state index contributed by atoms with van der Waals surface area (Å²) in [7, 11) is 1.65. The van der Waals surface area contributed by atoms with Crippen molar-refractivity contribution in [2.45, 2.75) is 18.5 Å². The molecule has 15 heavy (non-hydrogen) atoms. The van der Waals surface area contributed by atoms with E-state index >= 15 is 0 Å². The van der Waals surface area contributed by atoms with Crippen LogP contribution in [-0.2, 0) is 9.59 Å². The number of piperazine rings is 1. The molecular formula is C8H15Cl2N3O2. The van der Waals surface area contributed by atoms with E-state index < -0.39 is 0 Å². The SMILES string of the molecule is CN1CC(=O)N2CC(N)CC2C1=O.Cl.Cl. The lowest BCUT2D eigenvalue weighted by atomic mass is 10.1. The number of nitrogens with two attached hydrogens (primary N) is 1. The van der Waals surface area contributed by atoms with Crippen LogP contribution in [0.15, 0.2) is 0 Å². The lowest BCUT2D eigenvalue weighted by molar-refractivity contribution is -0.152. The van der Waals surface area contributed by atoms with Gasteiger partial charge in [-0.2, -0.15) is 0 Å². The Morgan fingerprint density at radius 3 is 2.53 bits per heavy atom. The first kappa shape index (κ1) is 14.5. The Labute approximate surface area is 101 Å². The van der Waals surface area contributed by atoms with E-state index in [-0.39, 0.29) is 55.3 Å². The number of amides is 2. The highest BCUT2D eigenvalue weighted by atomic mass is 35.5. The number of fused-ring (bicyclic) bond motifs is 1. The molecule has 2 unspecified atom stereocenters. The molecule has 2 heterocycles. The number of carbonyl (C=O) groups excluding carboxylic acids is 2. The third-order valence-electron chi connectivity index (χ3n) is 2.69. The standard InChI is InChI=1S/C8H13N3O2.2ClH/c1-10-4-7(12)11-3-5(9)2-6(11)8(10)13;;/h5-6H,2-4,9H2,1H3;2*1H. The fourth-order valence-corrected chi connectivity index (χ4v) is 2.00. The summed E-state index contributed by atoms with van der Waals surface area (Å²) < 4.78 is 0. The van der Waals surface area contributed by atoms with Crippen molar-refractivity contribution in [2.75, 3.05) is 20.1 Å². The zero-order chi connectivity index (χ0) is 9.59. The molecule has 0 aliphatic carbocycles. The third kappa shape index (κ3) is 2.35. The van der Waals surface area contributed by atoms with Crippen molar-refractivity contribution >= 4 is 36.6 Å². The second kappa shape index (κ2) is 5.01. The summed E-state index contributed by atoms with van der Waals surface area (Å²) >= 11 is 0. The molecule has 2 aliphatic heterocycles. The summed E-state index contributed by atoms with van der Waals surface area (Å²) in [4.78, 5) is 26.1. The van der Waals surface area contributed by atoms with Gasteiger partial charge in [-0.1, -0.05) is 0 Å². The van der Waals surface area contributed by atoms with Crippen LogP contribution in [0.2, 0.25) is 0 Å². The van der Waals surface area contributed by atoms with Crippen LogP contribution < -0.4 is 5.73 Å². The van der Waals surface area contributed by atoms with Crippen LogP contribution in [0.3, 0.4) is 0 Å². The van der Waals surface area contributed by atoms with Crippen molar-refractivity contribution in [3.8, 4) is 0 Å². The second-order valence-corrected chi connectivity index (χ2v) is 3.75.